The molecule has 134 valence electrons. The zero-order chi connectivity index (χ0) is 17.3. The van der Waals surface area contributed by atoms with Crippen LogP contribution in [0.4, 0.5) is 11.5 Å². The van der Waals surface area contributed by atoms with E-state index < -0.39 is 0 Å². The lowest BCUT2D eigenvalue weighted by Gasteiger charge is -2.39. The van der Waals surface area contributed by atoms with Gasteiger partial charge in [-0.15, -0.1) is 0 Å². The maximum atomic E-state index is 6.23. The van der Waals surface area contributed by atoms with E-state index in [1.165, 1.54) is 0 Å². The largest absolute Gasteiger partial charge is 0.481 e. The van der Waals surface area contributed by atoms with Gasteiger partial charge in [-0.2, -0.15) is 5.10 Å². The molecule has 8 nitrogen and oxygen atoms in total. The van der Waals surface area contributed by atoms with Gasteiger partial charge in [0.15, 0.2) is 0 Å². The first-order chi connectivity index (χ1) is 12.2. The van der Waals surface area contributed by atoms with Gasteiger partial charge >= 0.3 is 0 Å². The smallest absolute Gasteiger partial charge is 0.218 e. The van der Waals surface area contributed by atoms with Crippen molar-refractivity contribution < 1.29 is 9.47 Å². The molecule has 1 atom stereocenters. The molecule has 2 aromatic rings. The van der Waals surface area contributed by atoms with Gasteiger partial charge in [0.25, 0.3) is 0 Å². The molecule has 0 aromatic carbocycles. The average Bonchev–Trinajstić information content (AvgIpc) is 3.22. The Morgan fingerprint density at radius 1 is 1.32 bits per heavy atom. The van der Waals surface area contributed by atoms with Gasteiger partial charge in [-0.25, -0.2) is 9.97 Å². The Bertz CT molecular complexity index is 725. The summed E-state index contributed by atoms with van der Waals surface area (Å²) in [5.41, 5.74) is 1.03. The third kappa shape index (κ3) is 3.39. The highest BCUT2D eigenvalue weighted by Gasteiger charge is 2.43. The summed E-state index contributed by atoms with van der Waals surface area (Å²) >= 11 is 0. The molecule has 0 aliphatic carbocycles. The second-order valence-electron chi connectivity index (χ2n) is 6.85. The molecule has 4 heterocycles. The maximum Gasteiger partial charge on any atom is 0.218 e. The summed E-state index contributed by atoms with van der Waals surface area (Å²) in [6, 6.07) is 2.23. The zero-order valence-electron chi connectivity index (χ0n) is 14.7. The number of aromatic nitrogens is 4. The van der Waals surface area contributed by atoms with Crippen LogP contribution in [0.5, 0.6) is 5.88 Å². The fourth-order valence-corrected chi connectivity index (χ4v) is 3.77. The van der Waals surface area contributed by atoms with Crippen LogP contribution in [-0.2, 0) is 11.8 Å². The van der Waals surface area contributed by atoms with Crippen LogP contribution in [0.25, 0.3) is 0 Å². The molecule has 2 aromatic heterocycles. The molecule has 25 heavy (non-hydrogen) atoms. The van der Waals surface area contributed by atoms with Crippen molar-refractivity contribution in [2.24, 2.45) is 7.05 Å². The summed E-state index contributed by atoms with van der Waals surface area (Å²) < 4.78 is 13.2. The van der Waals surface area contributed by atoms with Crippen molar-refractivity contribution in [2.45, 2.75) is 30.9 Å². The van der Waals surface area contributed by atoms with Crippen molar-refractivity contribution in [1.82, 2.24) is 19.7 Å². The average molecular weight is 344 g/mol. The molecular weight excluding hydrogens is 320 g/mol. The van der Waals surface area contributed by atoms with E-state index in [9.17, 15) is 0 Å². The van der Waals surface area contributed by atoms with Gasteiger partial charge in [0.2, 0.25) is 5.88 Å². The summed E-state index contributed by atoms with van der Waals surface area (Å²) in [6.45, 7) is 2.61. The van der Waals surface area contributed by atoms with Crippen molar-refractivity contribution in [3.05, 3.63) is 24.8 Å². The minimum Gasteiger partial charge on any atom is -0.481 e. The van der Waals surface area contributed by atoms with E-state index in [2.05, 4.69) is 25.3 Å². The van der Waals surface area contributed by atoms with Crippen LogP contribution in [0.15, 0.2) is 24.8 Å². The second kappa shape index (κ2) is 6.51. The van der Waals surface area contributed by atoms with E-state index in [4.69, 9.17) is 9.47 Å². The third-order valence-corrected chi connectivity index (χ3v) is 5.12. The first-order valence-corrected chi connectivity index (χ1v) is 8.66. The SMILES string of the molecule is COc1cc(N2CCC3(CC2)C[C@@H](Nc2cnn(C)c2)CO3)ncn1. The number of rotatable bonds is 4. The van der Waals surface area contributed by atoms with Gasteiger partial charge in [-0.1, -0.05) is 0 Å². The number of methoxy groups -OCH3 is 1. The Morgan fingerprint density at radius 3 is 2.88 bits per heavy atom. The van der Waals surface area contributed by atoms with Gasteiger partial charge in [0.05, 0.1) is 37.2 Å². The molecule has 1 spiro atoms. The van der Waals surface area contributed by atoms with Crippen molar-refractivity contribution in [3.63, 3.8) is 0 Å². The molecule has 4 rings (SSSR count). The van der Waals surface area contributed by atoms with E-state index in [0.29, 0.717) is 11.9 Å². The number of hydrogen-bond donors (Lipinski definition) is 1. The third-order valence-electron chi connectivity index (χ3n) is 5.12. The molecule has 0 unspecified atom stereocenters. The standard InChI is InChI=1S/C17H24N6O2/c1-22-10-14(9-20-22)21-13-8-17(25-11-13)3-5-23(6-4-17)15-7-16(24-2)19-12-18-15/h7,9-10,12-13,21H,3-6,8,11H2,1-2H3/t13-/m1/s1. The quantitative estimate of drug-likeness (QED) is 0.899. The minimum atomic E-state index is -0.0203. The van der Waals surface area contributed by atoms with Crippen LogP contribution >= 0.6 is 0 Å². The van der Waals surface area contributed by atoms with E-state index in [1.807, 2.05) is 30.2 Å². The normalized spacial score (nSPS) is 22.3. The van der Waals surface area contributed by atoms with Crippen LogP contribution in [0.1, 0.15) is 19.3 Å². The van der Waals surface area contributed by atoms with Crippen molar-refractivity contribution in [1.29, 1.82) is 0 Å². The van der Waals surface area contributed by atoms with Crippen LogP contribution in [0.2, 0.25) is 0 Å². The van der Waals surface area contributed by atoms with Crippen molar-refractivity contribution >= 4 is 11.5 Å². The fourth-order valence-electron chi connectivity index (χ4n) is 3.77. The van der Waals surface area contributed by atoms with E-state index in [-0.39, 0.29) is 5.60 Å². The molecule has 0 bridgehead atoms. The Morgan fingerprint density at radius 2 is 2.16 bits per heavy atom. The second-order valence-corrected chi connectivity index (χ2v) is 6.85. The number of nitrogens with zero attached hydrogens (tertiary/aromatic N) is 5. The number of nitrogens with one attached hydrogen (secondary N) is 1. The van der Waals surface area contributed by atoms with E-state index in [0.717, 1.165) is 50.5 Å². The van der Waals surface area contributed by atoms with Crippen molar-refractivity contribution in [3.8, 4) is 5.88 Å². The Balaban J connectivity index is 1.35. The molecule has 2 saturated heterocycles. The van der Waals surface area contributed by atoms with Crippen LogP contribution in [0.3, 0.4) is 0 Å². The molecule has 0 radical (unpaired) electrons. The van der Waals surface area contributed by atoms with E-state index in [1.54, 1.807) is 13.4 Å². The summed E-state index contributed by atoms with van der Waals surface area (Å²) in [4.78, 5) is 10.7. The predicted octanol–water partition coefficient (Wildman–Crippen LogP) is 1.46. The molecule has 2 fully saturated rings. The van der Waals surface area contributed by atoms with Crippen LogP contribution in [-0.4, -0.2) is 58.2 Å². The van der Waals surface area contributed by atoms with Gasteiger partial charge in [0.1, 0.15) is 12.1 Å². The highest BCUT2D eigenvalue weighted by atomic mass is 16.5. The Kier molecular flexibility index (Phi) is 4.20. The first-order valence-electron chi connectivity index (χ1n) is 8.66. The Labute approximate surface area is 147 Å². The summed E-state index contributed by atoms with van der Waals surface area (Å²) in [5.74, 6) is 1.52. The van der Waals surface area contributed by atoms with Crippen LogP contribution in [0, 0.1) is 0 Å². The monoisotopic (exact) mass is 344 g/mol. The number of anilines is 2. The van der Waals surface area contributed by atoms with E-state index >= 15 is 0 Å². The number of hydrogen-bond acceptors (Lipinski definition) is 7. The lowest BCUT2D eigenvalue weighted by Crippen LogP contribution is -2.44. The number of aryl methyl sites for hydroxylation is 1. The molecular formula is C17H24N6O2. The summed E-state index contributed by atoms with van der Waals surface area (Å²) in [5, 5.41) is 7.74. The zero-order valence-corrected chi connectivity index (χ0v) is 14.7. The topological polar surface area (TPSA) is 77.3 Å². The molecule has 0 amide bonds. The highest BCUT2D eigenvalue weighted by Crippen LogP contribution is 2.37. The molecule has 2 aliphatic heterocycles. The summed E-state index contributed by atoms with van der Waals surface area (Å²) in [6.07, 6.45) is 8.45. The lowest BCUT2D eigenvalue weighted by molar-refractivity contribution is -0.0148. The highest BCUT2D eigenvalue weighted by molar-refractivity contribution is 5.42. The summed E-state index contributed by atoms with van der Waals surface area (Å²) in [7, 11) is 3.55. The Hall–Kier alpha value is -2.35. The maximum absolute atomic E-state index is 6.23. The first kappa shape index (κ1) is 16.1. The lowest BCUT2D eigenvalue weighted by atomic mass is 9.87. The molecule has 1 N–H and O–H groups in total. The van der Waals surface area contributed by atoms with Gasteiger partial charge < -0.3 is 19.7 Å². The van der Waals surface area contributed by atoms with Gasteiger partial charge in [0, 0.05) is 32.4 Å². The predicted molar refractivity (Wildman–Crippen MR) is 93.9 cm³/mol. The van der Waals surface area contributed by atoms with Gasteiger partial charge in [-0.3, -0.25) is 4.68 Å². The van der Waals surface area contributed by atoms with Gasteiger partial charge in [-0.05, 0) is 19.3 Å². The van der Waals surface area contributed by atoms with Crippen LogP contribution < -0.4 is 15.0 Å². The molecule has 0 saturated carbocycles. The fraction of sp³-hybridized carbons (Fsp3) is 0.588. The molecule has 8 heteroatoms. The number of ether oxygens (including phenoxy) is 2. The van der Waals surface area contributed by atoms with Crippen molar-refractivity contribution in [2.75, 3.05) is 37.0 Å². The minimum absolute atomic E-state index is 0.0203. The molecule has 2 aliphatic rings. The number of piperidine rings is 1.